The Kier molecular flexibility index (Phi) is 3.52. The number of hydrogen-bond acceptors (Lipinski definition) is 3. The number of aryl methyl sites for hydroxylation is 1. The number of aromatic nitrogens is 2. The minimum absolute atomic E-state index is 0.000934. The molecule has 98 valence electrons. The molecule has 7 heteroatoms. The number of nitrogens with zero attached hydrogens (tertiary/aromatic N) is 1. The van der Waals surface area contributed by atoms with E-state index in [1.54, 1.807) is 13.0 Å². The van der Waals surface area contributed by atoms with Gasteiger partial charge in [0.2, 0.25) is 0 Å². The van der Waals surface area contributed by atoms with E-state index in [9.17, 15) is 9.59 Å². The van der Waals surface area contributed by atoms with Crippen molar-refractivity contribution >= 4 is 29.2 Å². The van der Waals surface area contributed by atoms with E-state index in [2.05, 4.69) is 15.5 Å². The third kappa shape index (κ3) is 3.11. The van der Waals surface area contributed by atoms with E-state index in [4.69, 9.17) is 16.7 Å². The van der Waals surface area contributed by atoms with Crippen molar-refractivity contribution in [2.24, 2.45) is 0 Å². The van der Waals surface area contributed by atoms with Gasteiger partial charge in [-0.2, -0.15) is 5.10 Å². The first-order chi connectivity index (χ1) is 8.95. The number of rotatable bonds is 3. The molecular weight excluding hydrogens is 270 g/mol. The summed E-state index contributed by atoms with van der Waals surface area (Å²) in [6, 6.07) is 5.67. The number of hydrogen-bond donors (Lipinski definition) is 3. The monoisotopic (exact) mass is 279 g/mol. The number of H-pyrrole nitrogens is 1. The Bertz CT molecular complexity index is 651. The molecule has 0 radical (unpaired) electrons. The number of anilines is 1. The summed E-state index contributed by atoms with van der Waals surface area (Å²) in [5.41, 5.74) is 1.27. The average molecular weight is 280 g/mol. The molecule has 0 aliphatic heterocycles. The van der Waals surface area contributed by atoms with Crippen molar-refractivity contribution < 1.29 is 14.7 Å². The van der Waals surface area contributed by atoms with Crippen LogP contribution in [0, 0.1) is 6.92 Å². The minimum atomic E-state index is -1.12. The lowest BCUT2D eigenvalue weighted by Crippen LogP contribution is -2.13. The normalized spacial score (nSPS) is 10.2. The Morgan fingerprint density at radius 3 is 2.63 bits per heavy atom. The molecule has 0 spiro atoms. The molecule has 1 heterocycles. The summed E-state index contributed by atoms with van der Waals surface area (Å²) in [6.07, 6.45) is 0. The highest BCUT2D eigenvalue weighted by molar-refractivity contribution is 6.31. The van der Waals surface area contributed by atoms with E-state index < -0.39 is 11.9 Å². The lowest BCUT2D eigenvalue weighted by atomic mass is 10.2. The smallest absolute Gasteiger partial charge is 0.335 e. The van der Waals surface area contributed by atoms with Gasteiger partial charge >= 0.3 is 5.97 Å². The predicted octanol–water partition coefficient (Wildman–Crippen LogP) is 2.32. The van der Waals surface area contributed by atoms with E-state index in [1.165, 1.54) is 18.2 Å². The SMILES string of the molecule is Cc1cc(C(=O)Nc2cc(Cl)cc(C(=O)O)c2)n[nH]1. The molecule has 0 unspecified atom stereocenters. The zero-order valence-electron chi connectivity index (χ0n) is 9.90. The van der Waals surface area contributed by atoms with E-state index >= 15 is 0 Å². The number of carbonyl (C=O) groups excluding carboxylic acids is 1. The summed E-state index contributed by atoms with van der Waals surface area (Å²) >= 11 is 5.79. The third-order valence-electron chi connectivity index (χ3n) is 2.34. The first-order valence-electron chi connectivity index (χ1n) is 5.33. The van der Waals surface area contributed by atoms with Crippen molar-refractivity contribution in [3.05, 3.63) is 46.2 Å². The van der Waals surface area contributed by atoms with Crippen molar-refractivity contribution in [3.8, 4) is 0 Å². The lowest BCUT2D eigenvalue weighted by Gasteiger charge is -2.05. The highest BCUT2D eigenvalue weighted by Gasteiger charge is 2.12. The third-order valence-corrected chi connectivity index (χ3v) is 2.56. The van der Waals surface area contributed by atoms with Crippen molar-refractivity contribution in [1.29, 1.82) is 0 Å². The molecule has 0 aliphatic rings. The number of aromatic carboxylic acids is 1. The Balaban J connectivity index is 2.23. The summed E-state index contributed by atoms with van der Waals surface area (Å²) in [6.45, 7) is 1.77. The second-order valence-corrected chi connectivity index (χ2v) is 4.36. The van der Waals surface area contributed by atoms with Crippen LogP contribution in [0.5, 0.6) is 0 Å². The lowest BCUT2D eigenvalue weighted by molar-refractivity contribution is 0.0696. The summed E-state index contributed by atoms with van der Waals surface area (Å²) in [5, 5.41) is 18.1. The summed E-state index contributed by atoms with van der Waals surface area (Å²) in [5.74, 6) is -1.56. The summed E-state index contributed by atoms with van der Waals surface area (Å²) < 4.78 is 0. The molecule has 6 nitrogen and oxygen atoms in total. The van der Waals surface area contributed by atoms with Crippen molar-refractivity contribution in [2.75, 3.05) is 5.32 Å². The zero-order chi connectivity index (χ0) is 14.0. The number of aromatic amines is 1. The molecule has 3 N–H and O–H groups in total. The largest absolute Gasteiger partial charge is 0.478 e. The van der Waals surface area contributed by atoms with Crippen LogP contribution < -0.4 is 5.32 Å². The fourth-order valence-electron chi connectivity index (χ4n) is 1.51. The van der Waals surface area contributed by atoms with Gasteiger partial charge in [0.1, 0.15) is 0 Å². The highest BCUT2D eigenvalue weighted by Crippen LogP contribution is 2.19. The highest BCUT2D eigenvalue weighted by atomic mass is 35.5. The maximum atomic E-state index is 11.8. The maximum absolute atomic E-state index is 11.8. The molecule has 0 fully saturated rings. The van der Waals surface area contributed by atoms with Crippen LogP contribution in [-0.2, 0) is 0 Å². The molecule has 0 atom stereocenters. The first-order valence-corrected chi connectivity index (χ1v) is 5.71. The van der Waals surface area contributed by atoms with Crippen LogP contribution in [0.25, 0.3) is 0 Å². The van der Waals surface area contributed by atoms with Gasteiger partial charge in [-0.25, -0.2) is 4.79 Å². The fourth-order valence-corrected chi connectivity index (χ4v) is 1.75. The van der Waals surface area contributed by atoms with Gasteiger partial charge in [-0.1, -0.05) is 11.6 Å². The fraction of sp³-hybridized carbons (Fsp3) is 0.0833. The summed E-state index contributed by atoms with van der Waals surface area (Å²) in [7, 11) is 0. The van der Waals surface area contributed by atoms with Crippen molar-refractivity contribution in [3.63, 3.8) is 0 Å². The summed E-state index contributed by atoms with van der Waals surface area (Å²) in [4.78, 5) is 22.7. The van der Waals surface area contributed by atoms with Crippen LogP contribution >= 0.6 is 11.6 Å². The van der Waals surface area contributed by atoms with Crippen LogP contribution in [0.4, 0.5) is 5.69 Å². The standard InChI is InChI=1S/C12H10ClN3O3/c1-6-2-10(16-15-6)11(17)14-9-4-7(12(18)19)3-8(13)5-9/h2-5H,1H3,(H,14,17)(H,15,16)(H,18,19). The van der Waals surface area contributed by atoms with E-state index in [-0.39, 0.29) is 16.3 Å². The number of carbonyl (C=O) groups is 2. The first kappa shape index (κ1) is 13.1. The van der Waals surface area contributed by atoms with Gasteiger partial charge < -0.3 is 10.4 Å². The molecule has 0 aliphatic carbocycles. The second kappa shape index (κ2) is 5.11. The average Bonchev–Trinajstić information content (AvgIpc) is 2.75. The molecule has 1 aromatic heterocycles. The van der Waals surface area contributed by atoms with Gasteiger partial charge in [0.15, 0.2) is 5.69 Å². The molecule has 1 amide bonds. The van der Waals surface area contributed by atoms with E-state index in [0.717, 1.165) is 5.69 Å². The van der Waals surface area contributed by atoms with Crippen LogP contribution in [-0.4, -0.2) is 27.2 Å². The number of nitrogens with one attached hydrogen (secondary N) is 2. The van der Waals surface area contributed by atoms with Gasteiger partial charge in [0, 0.05) is 16.4 Å². The van der Waals surface area contributed by atoms with Crippen LogP contribution in [0.2, 0.25) is 5.02 Å². The van der Waals surface area contributed by atoms with Crippen LogP contribution in [0.3, 0.4) is 0 Å². The van der Waals surface area contributed by atoms with E-state index in [0.29, 0.717) is 5.69 Å². The van der Waals surface area contributed by atoms with Gasteiger partial charge in [0.25, 0.3) is 5.91 Å². The maximum Gasteiger partial charge on any atom is 0.335 e. The molecule has 0 bridgehead atoms. The van der Waals surface area contributed by atoms with Crippen molar-refractivity contribution in [1.82, 2.24) is 10.2 Å². The molecule has 0 saturated carbocycles. The quantitative estimate of drug-likeness (QED) is 0.803. The number of carboxylic acid groups (broad SMARTS) is 1. The molecule has 1 aromatic carbocycles. The van der Waals surface area contributed by atoms with E-state index in [1.807, 2.05) is 0 Å². The molecule has 2 rings (SSSR count). The number of halogens is 1. The zero-order valence-corrected chi connectivity index (χ0v) is 10.7. The Morgan fingerprint density at radius 2 is 2.05 bits per heavy atom. The second-order valence-electron chi connectivity index (χ2n) is 3.92. The number of carboxylic acids is 1. The van der Waals surface area contributed by atoms with Gasteiger partial charge in [-0.3, -0.25) is 9.89 Å². The van der Waals surface area contributed by atoms with Gasteiger partial charge in [-0.15, -0.1) is 0 Å². The van der Waals surface area contributed by atoms with Crippen LogP contribution in [0.15, 0.2) is 24.3 Å². The minimum Gasteiger partial charge on any atom is -0.478 e. The number of benzene rings is 1. The molecule has 19 heavy (non-hydrogen) atoms. The van der Waals surface area contributed by atoms with Gasteiger partial charge in [0.05, 0.1) is 5.56 Å². The van der Waals surface area contributed by atoms with Crippen LogP contribution in [0.1, 0.15) is 26.5 Å². The predicted molar refractivity (Wildman–Crippen MR) is 69.7 cm³/mol. The Morgan fingerprint density at radius 1 is 1.32 bits per heavy atom. The Labute approximate surface area is 113 Å². The van der Waals surface area contributed by atoms with Crippen molar-refractivity contribution in [2.45, 2.75) is 6.92 Å². The number of amides is 1. The molecule has 0 saturated heterocycles. The molecular formula is C12H10ClN3O3. The van der Waals surface area contributed by atoms with Gasteiger partial charge in [-0.05, 0) is 31.2 Å². The topological polar surface area (TPSA) is 95.1 Å². The Hall–Kier alpha value is -2.34. The molecule has 2 aromatic rings.